The van der Waals surface area contributed by atoms with Crippen LogP contribution in [0.2, 0.25) is 0 Å². The third-order valence-electron chi connectivity index (χ3n) is 3.01. The highest BCUT2D eigenvalue weighted by Crippen LogP contribution is 2.15. The van der Waals surface area contributed by atoms with Crippen LogP contribution >= 0.6 is 0 Å². The summed E-state index contributed by atoms with van der Waals surface area (Å²) >= 11 is 0. The summed E-state index contributed by atoms with van der Waals surface area (Å²) in [5.41, 5.74) is 0.0903. The van der Waals surface area contributed by atoms with Gasteiger partial charge < -0.3 is 14.3 Å². The number of ether oxygens (including phenoxy) is 2. The molecule has 0 heterocycles. The molecule has 0 saturated carbocycles. The van der Waals surface area contributed by atoms with Gasteiger partial charge in [0.1, 0.15) is 18.0 Å². The van der Waals surface area contributed by atoms with Crippen LogP contribution < -0.4 is 4.74 Å². The van der Waals surface area contributed by atoms with Crippen LogP contribution in [0.1, 0.15) is 13.3 Å². The lowest BCUT2D eigenvalue weighted by molar-refractivity contribution is -0.526. The van der Waals surface area contributed by atoms with Gasteiger partial charge in [0, 0.05) is 16.9 Å². The van der Waals surface area contributed by atoms with E-state index in [0.717, 1.165) is 0 Å². The van der Waals surface area contributed by atoms with E-state index in [-0.39, 0.29) is 17.6 Å². The van der Waals surface area contributed by atoms with Crippen molar-refractivity contribution in [1.82, 2.24) is 0 Å². The maximum Gasteiger partial charge on any atom is 0.333 e. The number of hydrogen-bond donors (Lipinski definition) is 0. The number of aldehydes is 1. The first-order valence-electron chi connectivity index (χ1n) is 7.03. The molecule has 0 aliphatic carbocycles. The van der Waals surface area contributed by atoms with Gasteiger partial charge in [0.05, 0.1) is 0 Å². The molecular weight excluding hydrogens is 318 g/mol. The first-order chi connectivity index (χ1) is 11.3. The molecule has 0 aromatic heterocycles. The summed E-state index contributed by atoms with van der Waals surface area (Å²) in [6.45, 7) is 4.19. The van der Waals surface area contributed by atoms with E-state index in [2.05, 4.69) is 6.58 Å². The van der Waals surface area contributed by atoms with Gasteiger partial charge in [0.15, 0.2) is 6.61 Å². The molecular formula is C16H17NO7. The second-order valence-electron chi connectivity index (χ2n) is 5.03. The van der Waals surface area contributed by atoms with Crippen LogP contribution in [-0.2, 0) is 19.1 Å². The quantitative estimate of drug-likeness (QED) is 0.128. The normalized spacial score (nSPS) is 12.5. The molecule has 0 amide bonds. The number of esters is 2. The zero-order valence-corrected chi connectivity index (χ0v) is 13.0. The molecule has 0 fully saturated rings. The fourth-order valence-corrected chi connectivity index (χ4v) is 1.69. The van der Waals surface area contributed by atoms with E-state index in [4.69, 9.17) is 9.47 Å². The number of para-hydroxylation sites is 1. The molecule has 24 heavy (non-hydrogen) atoms. The van der Waals surface area contributed by atoms with Gasteiger partial charge in [0.2, 0.25) is 6.04 Å². The minimum atomic E-state index is -1.41. The van der Waals surface area contributed by atoms with Gasteiger partial charge in [-0.15, -0.1) is 0 Å². The van der Waals surface area contributed by atoms with Crippen molar-refractivity contribution in [2.45, 2.75) is 19.4 Å². The van der Waals surface area contributed by atoms with Crippen LogP contribution in [-0.4, -0.2) is 35.8 Å². The molecule has 0 radical (unpaired) electrons. The first kappa shape index (κ1) is 19.0. The Morgan fingerprint density at radius 1 is 1.33 bits per heavy atom. The lowest BCUT2D eigenvalue weighted by atomic mass is 10.0. The molecule has 2 atom stereocenters. The topological polar surface area (TPSA) is 113 Å². The number of hydrogen-bond acceptors (Lipinski definition) is 7. The third-order valence-corrected chi connectivity index (χ3v) is 3.01. The standard InChI is InChI=1S/C16H17NO7/c1-11(2)15(19)23-10-13(17(21)22)8-12(9-18)16(20)24-14-6-4-3-5-7-14/h3-7,9,12-13H,1,8,10H2,2H3. The molecule has 0 aliphatic heterocycles. The molecule has 8 heteroatoms. The summed E-state index contributed by atoms with van der Waals surface area (Å²) in [5, 5.41) is 11.0. The lowest BCUT2D eigenvalue weighted by Crippen LogP contribution is -2.34. The predicted molar refractivity (Wildman–Crippen MR) is 82.8 cm³/mol. The van der Waals surface area contributed by atoms with Crippen molar-refractivity contribution in [2.24, 2.45) is 5.92 Å². The first-order valence-corrected chi connectivity index (χ1v) is 7.03. The highest BCUT2D eigenvalue weighted by molar-refractivity contribution is 5.89. The van der Waals surface area contributed by atoms with Crippen LogP contribution in [0.5, 0.6) is 5.75 Å². The Labute approximate surface area is 138 Å². The molecule has 1 aromatic rings. The predicted octanol–water partition coefficient (Wildman–Crippen LogP) is 1.56. The fourth-order valence-electron chi connectivity index (χ4n) is 1.69. The summed E-state index contributed by atoms with van der Waals surface area (Å²) < 4.78 is 9.72. The Balaban J connectivity index is 2.69. The number of rotatable bonds is 9. The Morgan fingerprint density at radius 3 is 2.46 bits per heavy atom. The minimum absolute atomic E-state index is 0.0903. The van der Waals surface area contributed by atoms with Crippen molar-refractivity contribution in [3.8, 4) is 5.75 Å². The average molecular weight is 335 g/mol. The monoisotopic (exact) mass is 335 g/mol. The summed E-state index contributed by atoms with van der Waals surface area (Å²) in [6, 6.07) is 6.60. The molecule has 0 N–H and O–H groups in total. The van der Waals surface area contributed by atoms with Crippen molar-refractivity contribution in [2.75, 3.05) is 6.61 Å². The van der Waals surface area contributed by atoms with Gasteiger partial charge in [-0.05, 0) is 19.1 Å². The van der Waals surface area contributed by atoms with Crippen molar-refractivity contribution >= 4 is 18.2 Å². The van der Waals surface area contributed by atoms with Crippen molar-refractivity contribution in [1.29, 1.82) is 0 Å². The summed E-state index contributed by atoms with van der Waals surface area (Å²) in [7, 11) is 0. The van der Waals surface area contributed by atoms with Gasteiger partial charge in [-0.1, -0.05) is 24.8 Å². The summed E-state index contributed by atoms with van der Waals surface area (Å²) in [6.07, 6.45) is -0.159. The van der Waals surface area contributed by atoms with E-state index in [1.807, 2.05) is 0 Å². The maximum absolute atomic E-state index is 12.0. The Kier molecular flexibility index (Phi) is 7.28. The summed E-state index contributed by atoms with van der Waals surface area (Å²) in [5.74, 6) is -2.81. The Bertz CT molecular complexity index is 627. The van der Waals surface area contributed by atoms with E-state index >= 15 is 0 Å². The van der Waals surface area contributed by atoms with Crippen LogP contribution in [0.3, 0.4) is 0 Å². The van der Waals surface area contributed by atoms with Crippen LogP contribution in [0, 0.1) is 16.0 Å². The van der Waals surface area contributed by atoms with Crippen LogP contribution in [0.25, 0.3) is 0 Å². The minimum Gasteiger partial charge on any atom is -0.455 e. The highest BCUT2D eigenvalue weighted by Gasteiger charge is 2.32. The van der Waals surface area contributed by atoms with E-state index < -0.39 is 41.8 Å². The molecule has 0 saturated heterocycles. The lowest BCUT2D eigenvalue weighted by Gasteiger charge is -2.14. The van der Waals surface area contributed by atoms with Gasteiger partial charge in [-0.3, -0.25) is 14.9 Å². The van der Waals surface area contributed by atoms with Gasteiger partial charge in [-0.25, -0.2) is 4.79 Å². The Hall–Kier alpha value is -3.03. The average Bonchev–Trinajstić information content (AvgIpc) is 2.55. The van der Waals surface area contributed by atoms with Crippen molar-refractivity contribution in [3.05, 3.63) is 52.6 Å². The zero-order chi connectivity index (χ0) is 18.1. The molecule has 1 aromatic carbocycles. The maximum atomic E-state index is 12.0. The number of nitrogens with zero attached hydrogens (tertiary/aromatic N) is 1. The third kappa shape index (κ3) is 5.99. The van der Waals surface area contributed by atoms with Crippen LogP contribution in [0.4, 0.5) is 0 Å². The van der Waals surface area contributed by atoms with Gasteiger partial charge in [-0.2, -0.15) is 0 Å². The van der Waals surface area contributed by atoms with E-state index in [1.54, 1.807) is 18.2 Å². The smallest absolute Gasteiger partial charge is 0.333 e. The SMILES string of the molecule is C=C(C)C(=O)OCC(CC(C=O)C(=O)Oc1ccccc1)[N+](=O)[O-]. The van der Waals surface area contributed by atoms with Crippen molar-refractivity contribution < 1.29 is 28.8 Å². The number of carbonyl (C=O) groups is 3. The molecule has 0 spiro atoms. The zero-order valence-electron chi connectivity index (χ0n) is 13.0. The van der Waals surface area contributed by atoms with E-state index in [1.165, 1.54) is 19.1 Å². The second kappa shape index (κ2) is 9.19. The highest BCUT2D eigenvalue weighted by atomic mass is 16.6. The molecule has 0 aliphatic rings. The Morgan fingerprint density at radius 2 is 1.96 bits per heavy atom. The van der Waals surface area contributed by atoms with E-state index in [0.29, 0.717) is 0 Å². The number of carbonyl (C=O) groups excluding carboxylic acids is 3. The molecule has 8 nitrogen and oxygen atoms in total. The molecule has 2 unspecified atom stereocenters. The second-order valence-corrected chi connectivity index (χ2v) is 5.03. The van der Waals surface area contributed by atoms with Gasteiger partial charge in [0.25, 0.3) is 0 Å². The van der Waals surface area contributed by atoms with Crippen LogP contribution in [0.15, 0.2) is 42.5 Å². The van der Waals surface area contributed by atoms with E-state index in [9.17, 15) is 24.5 Å². The molecule has 128 valence electrons. The summed E-state index contributed by atoms with van der Waals surface area (Å²) in [4.78, 5) is 44.7. The molecule has 1 rings (SSSR count). The number of benzene rings is 1. The molecule has 0 bridgehead atoms. The fraction of sp³-hybridized carbons (Fsp3) is 0.312. The largest absolute Gasteiger partial charge is 0.455 e. The number of nitro groups is 1. The van der Waals surface area contributed by atoms with Crippen molar-refractivity contribution in [3.63, 3.8) is 0 Å². The van der Waals surface area contributed by atoms with Gasteiger partial charge >= 0.3 is 11.9 Å².